The van der Waals surface area contributed by atoms with Gasteiger partial charge in [-0.05, 0) is 12.8 Å². The van der Waals surface area contributed by atoms with Crippen LogP contribution in [0.2, 0.25) is 0 Å². The highest BCUT2D eigenvalue weighted by Gasteiger charge is 2.62. The number of hydrogen-bond donors (Lipinski definition) is 7. The molecule has 0 saturated carbocycles. The van der Waals surface area contributed by atoms with Gasteiger partial charge in [-0.1, -0.05) is 206 Å². The minimum atomic E-state index is -2.90. The first-order valence-corrected chi connectivity index (χ1v) is 25.9. The van der Waals surface area contributed by atoms with E-state index in [1.54, 1.807) is 0 Å². The normalized spacial score (nSPS) is 21.7. The molecule has 1 aliphatic rings. The molecule has 0 aromatic carbocycles. The number of carboxylic acid groups (broad SMARTS) is 1. The summed E-state index contributed by atoms with van der Waals surface area (Å²) in [6, 6.07) is -1.53. The van der Waals surface area contributed by atoms with Crippen LogP contribution in [-0.2, 0) is 28.5 Å². The number of aliphatic hydroxyl groups is 5. The summed E-state index contributed by atoms with van der Waals surface area (Å²) in [5.74, 6) is -5.37. The fraction of sp³-hybridized carbons (Fsp3) is 0.960. The lowest BCUT2D eigenvalue weighted by molar-refractivity contribution is -0.351. The summed E-state index contributed by atoms with van der Waals surface area (Å²) in [6.07, 6.45) is 29.8. The number of unbranched alkanes of at least 4 members (excludes halogenated alkanes) is 30. The molecule has 13 heteroatoms. The van der Waals surface area contributed by atoms with Crippen molar-refractivity contribution in [2.24, 2.45) is 0 Å². The molecule has 0 unspecified atom stereocenters. The van der Waals surface area contributed by atoms with Crippen LogP contribution in [0.15, 0.2) is 0 Å². The Morgan fingerprint density at radius 1 is 0.603 bits per heavy atom. The molecule has 0 spiro atoms. The second-order valence-corrected chi connectivity index (χ2v) is 18.4. The van der Waals surface area contributed by atoms with Gasteiger partial charge in [0.2, 0.25) is 5.91 Å². The molecule has 1 fully saturated rings. The Kier molecular flexibility index (Phi) is 37.6. The van der Waals surface area contributed by atoms with Crippen molar-refractivity contribution in [2.45, 2.75) is 275 Å². The Balaban J connectivity index is 2.60. The molecule has 1 heterocycles. The van der Waals surface area contributed by atoms with Crippen molar-refractivity contribution in [2.75, 3.05) is 33.0 Å². The van der Waals surface area contributed by atoms with Crippen molar-refractivity contribution in [3.8, 4) is 0 Å². The molecule has 0 bridgehead atoms. The van der Waals surface area contributed by atoms with E-state index in [4.69, 9.17) is 18.9 Å². The van der Waals surface area contributed by atoms with E-state index in [2.05, 4.69) is 19.2 Å². The van der Waals surface area contributed by atoms with E-state index in [0.29, 0.717) is 13.2 Å². The lowest BCUT2D eigenvalue weighted by Crippen LogP contribution is -2.74. The molecule has 1 rings (SSSR count). The second kappa shape index (κ2) is 39.7. The summed E-state index contributed by atoms with van der Waals surface area (Å²) >= 11 is 0. The summed E-state index contributed by atoms with van der Waals surface area (Å²) < 4.78 is 23.6. The molecule has 1 amide bonds. The van der Waals surface area contributed by atoms with Gasteiger partial charge in [0.25, 0.3) is 5.79 Å². The molecule has 374 valence electrons. The van der Waals surface area contributed by atoms with Gasteiger partial charge in [0.1, 0.15) is 36.6 Å². The largest absolute Gasteiger partial charge is 0.477 e. The smallest absolute Gasteiger partial charge is 0.367 e. The van der Waals surface area contributed by atoms with Crippen LogP contribution in [0.1, 0.15) is 226 Å². The van der Waals surface area contributed by atoms with Gasteiger partial charge < -0.3 is 54.9 Å². The summed E-state index contributed by atoms with van der Waals surface area (Å²) in [6.45, 7) is 5.30. The van der Waals surface area contributed by atoms with E-state index in [1.807, 2.05) is 0 Å². The maximum absolute atomic E-state index is 12.8. The van der Waals surface area contributed by atoms with E-state index >= 15 is 0 Å². The van der Waals surface area contributed by atoms with Crippen molar-refractivity contribution in [1.29, 1.82) is 0 Å². The highest BCUT2D eigenvalue weighted by Crippen LogP contribution is 2.34. The maximum Gasteiger partial charge on any atom is 0.367 e. The van der Waals surface area contributed by atoms with Gasteiger partial charge in [-0.25, -0.2) is 4.79 Å². The number of aliphatic hydroxyl groups excluding tert-OH is 5. The monoisotopic (exact) mass is 904 g/mol. The number of carbonyl (C=O) groups is 2. The first-order valence-electron chi connectivity index (χ1n) is 25.9. The van der Waals surface area contributed by atoms with Crippen molar-refractivity contribution in [3.05, 3.63) is 0 Å². The van der Waals surface area contributed by atoms with Crippen LogP contribution in [0.3, 0.4) is 0 Å². The van der Waals surface area contributed by atoms with Crippen molar-refractivity contribution < 1.29 is 59.2 Å². The molecule has 8 atom stereocenters. The third-order valence-electron chi connectivity index (χ3n) is 12.6. The standard InChI is InChI=1S/C50H97NO12/c1-4-6-8-10-12-14-16-18-20-22-24-26-28-30-32-34-36-60-39-42(61-37-35-33-31-29-27-25-23-21-19-17-15-13-11-9-7-5-2)40-62-50(49(58)59)48(57)46(56)44(51-41(3)53)47(63-50)45(55)43(54)38-52/h42-48,52,54-57H,4-40H2,1-3H3,(H,51,53)(H,58,59)/t42-,43-,44-,45-,46-,47-,48+,50+/m1/s1. The van der Waals surface area contributed by atoms with E-state index < -0.39 is 73.5 Å². The lowest BCUT2D eigenvalue weighted by Gasteiger charge is -2.49. The molecule has 0 aromatic heterocycles. The van der Waals surface area contributed by atoms with E-state index in [-0.39, 0.29) is 6.61 Å². The number of hydrogen-bond acceptors (Lipinski definition) is 11. The van der Waals surface area contributed by atoms with Crippen molar-refractivity contribution in [3.63, 3.8) is 0 Å². The Bertz CT molecular complexity index is 1070. The number of carbonyl (C=O) groups excluding carboxylic acids is 1. The van der Waals surface area contributed by atoms with Gasteiger partial charge in [0, 0.05) is 20.1 Å². The Morgan fingerprint density at radius 2 is 0.984 bits per heavy atom. The van der Waals surface area contributed by atoms with Crippen LogP contribution in [0, 0.1) is 0 Å². The van der Waals surface area contributed by atoms with Gasteiger partial charge in [0.15, 0.2) is 0 Å². The molecular weight excluding hydrogens is 807 g/mol. The molecule has 7 N–H and O–H groups in total. The highest BCUT2D eigenvalue weighted by molar-refractivity contribution is 5.77. The SMILES string of the molecule is CCCCCCCCCCCCCCCCCCOC[C@H](CO[C@]1(C(=O)O)O[C@@H]([C@H](O)[C@H](O)CO)[C@H](NC(C)=O)[C@@H](O)[C@@H]1O)OCCCCCCCCCCCCCCCCCC. The minimum Gasteiger partial charge on any atom is -0.477 e. The topological polar surface area (TPSA) is 204 Å². The number of aliphatic carboxylic acids is 1. The van der Waals surface area contributed by atoms with E-state index in [0.717, 1.165) is 45.4 Å². The number of amides is 1. The van der Waals surface area contributed by atoms with E-state index in [1.165, 1.54) is 167 Å². The molecule has 0 aromatic rings. The molecule has 0 aliphatic carbocycles. The summed E-state index contributed by atoms with van der Waals surface area (Å²) in [5, 5.41) is 65.3. The predicted octanol–water partition coefficient (Wildman–Crippen LogP) is 9.05. The molecule has 63 heavy (non-hydrogen) atoms. The third kappa shape index (κ3) is 27.7. The predicted molar refractivity (Wildman–Crippen MR) is 250 cm³/mol. The third-order valence-corrected chi connectivity index (χ3v) is 12.6. The molecular formula is C50H97NO12. The van der Waals surface area contributed by atoms with Gasteiger partial charge in [-0.3, -0.25) is 4.79 Å². The molecule has 0 radical (unpaired) electrons. The number of ether oxygens (including phenoxy) is 4. The first-order chi connectivity index (χ1) is 30.5. The number of rotatable bonds is 45. The van der Waals surface area contributed by atoms with Crippen molar-refractivity contribution in [1.82, 2.24) is 5.32 Å². The quantitative estimate of drug-likeness (QED) is 0.0286. The Morgan fingerprint density at radius 3 is 1.35 bits per heavy atom. The van der Waals surface area contributed by atoms with Gasteiger partial charge in [-0.15, -0.1) is 0 Å². The zero-order valence-corrected chi connectivity index (χ0v) is 40.3. The number of nitrogens with one attached hydrogen (secondary N) is 1. The van der Waals surface area contributed by atoms with Crippen LogP contribution in [-0.4, -0.2) is 124 Å². The van der Waals surface area contributed by atoms with Crippen LogP contribution < -0.4 is 5.32 Å². The number of carboxylic acids is 1. The summed E-state index contributed by atoms with van der Waals surface area (Å²) in [7, 11) is 0. The summed E-state index contributed by atoms with van der Waals surface area (Å²) in [5.41, 5.74) is 0. The van der Waals surface area contributed by atoms with Crippen LogP contribution in [0.5, 0.6) is 0 Å². The van der Waals surface area contributed by atoms with Crippen LogP contribution in [0.4, 0.5) is 0 Å². The lowest BCUT2D eigenvalue weighted by atomic mass is 9.86. The Hall–Kier alpha value is -1.42. The van der Waals surface area contributed by atoms with Crippen LogP contribution >= 0.6 is 0 Å². The van der Waals surface area contributed by atoms with Gasteiger partial charge in [0.05, 0.1) is 25.9 Å². The Labute approximate surface area is 383 Å². The van der Waals surface area contributed by atoms with Crippen molar-refractivity contribution >= 4 is 11.9 Å². The van der Waals surface area contributed by atoms with Gasteiger partial charge >= 0.3 is 5.97 Å². The minimum absolute atomic E-state index is 0.0930. The fourth-order valence-electron chi connectivity index (χ4n) is 8.56. The molecule has 1 saturated heterocycles. The highest BCUT2D eigenvalue weighted by atomic mass is 16.7. The average molecular weight is 904 g/mol. The summed E-state index contributed by atoms with van der Waals surface area (Å²) in [4.78, 5) is 24.7. The second-order valence-electron chi connectivity index (χ2n) is 18.4. The average Bonchev–Trinajstić information content (AvgIpc) is 3.27. The van der Waals surface area contributed by atoms with Gasteiger partial charge in [-0.2, -0.15) is 0 Å². The first kappa shape index (κ1) is 59.6. The van der Waals surface area contributed by atoms with E-state index in [9.17, 15) is 40.2 Å². The molecule has 1 aliphatic heterocycles. The van der Waals surface area contributed by atoms with Crippen LogP contribution in [0.25, 0.3) is 0 Å². The fourth-order valence-corrected chi connectivity index (χ4v) is 8.56. The molecule has 13 nitrogen and oxygen atoms in total. The zero-order chi connectivity index (χ0) is 46.4. The zero-order valence-electron chi connectivity index (χ0n) is 40.3. The maximum atomic E-state index is 12.8.